The third-order valence-corrected chi connectivity index (χ3v) is 5.42. The van der Waals surface area contributed by atoms with Gasteiger partial charge in [0.15, 0.2) is 0 Å². The maximum atomic E-state index is 15.1. The summed E-state index contributed by atoms with van der Waals surface area (Å²) in [6, 6.07) is 12.1. The molecular formula is C23H23F4N3O4. The molecule has 3 rings (SSSR count). The lowest BCUT2D eigenvalue weighted by molar-refractivity contribution is -0.147. The number of fused-ring (bicyclic) bond motifs is 3. The Labute approximate surface area is 192 Å². The molecule has 11 heteroatoms. The van der Waals surface area contributed by atoms with Crippen LogP contribution in [0, 0.1) is 0 Å². The number of rotatable bonds is 7. The van der Waals surface area contributed by atoms with Gasteiger partial charge in [0.25, 0.3) is 23.4 Å². The fourth-order valence-corrected chi connectivity index (χ4v) is 3.66. The number of benzene rings is 2. The van der Waals surface area contributed by atoms with Crippen molar-refractivity contribution in [1.29, 1.82) is 0 Å². The molecule has 2 aromatic carbocycles. The molecule has 182 valence electrons. The van der Waals surface area contributed by atoms with E-state index in [4.69, 9.17) is 0 Å². The van der Waals surface area contributed by atoms with Gasteiger partial charge in [-0.2, -0.15) is 13.2 Å². The minimum atomic E-state index is -4.57. The molecule has 2 atom stereocenters. The molecule has 0 bridgehead atoms. The van der Waals surface area contributed by atoms with Crippen LogP contribution in [0.25, 0.3) is 11.1 Å². The Morgan fingerprint density at radius 2 is 1.62 bits per heavy atom. The summed E-state index contributed by atoms with van der Waals surface area (Å²) < 4.78 is 52.1. The van der Waals surface area contributed by atoms with Crippen LogP contribution in [0.1, 0.15) is 24.9 Å². The molecule has 2 aromatic rings. The molecular weight excluding hydrogens is 458 g/mol. The molecule has 7 nitrogen and oxygen atoms in total. The third-order valence-electron chi connectivity index (χ3n) is 5.42. The molecule has 3 N–H and O–H groups in total. The zero-order valence-corrected chi connectivity index (χ0v) is 18.2. The number of aliphatic hydroxyl groups excluding tert-OH is 1. The summed E-state index contributed by atoms with van der Waals surface area (Å²) in [5, 5.41) is 13.5. The lowest BCUT2D eigenvalue weighted by Crippen LogP contribution is -2.55. The maximum absolute atomic E-state index is 15.1. The van der Waals surface area contributed by atoms with Gasteiger partial charge in [-0.25, -0.2) is 4.39 Å². The Morgan fingerprint density at radius 3 is 2.26 bits per heavy atom. The fourth-order valence-electron chi connectivity index (χ4n) is 3.66. The van der Waals surface area contributed by atoms with Crippen LogP contribution < -0.4 is 15.5 Å². The van der Waals surface area contributed by atoms with Crippen LogP contribution >= 0.6 is 0 Å². The first-order valence-corrected chi connectivity index (χ1v) is 10.4. The number of hydrogen-bond donors (Lipinski definition) is 3. The van der Waals surface area contributed by atoms with Gasteiger partial charge in [-0.05, 0) is 24.1 Å². The lowest BCUT2D eigenvalue weighted by atomic mass is 9.95. The van der Waals surface area contributed by atoms with Crippen LogP contribution in [0.15, 0.2) is 48.5 Å². The summed E-state index contributed by atoms with van der Waals surface area (Å²) in [6.45, 7) is -0.793. The van der Waals surface area contributed by atoms with Crippen LogP contribution in [0.5, 0.6) is 0 Å². The number of halogens is 4. The summed E-state index contributed by atoms with van der Waals surface area (Å²) in [5.41, 5.74) is -1.22. The quantitative estimate of drug-likeness (QED) is 0.418. The van der Waals surface area contributed by atoms with Crippen molar-refractivity contribution in [1.82, 2.24) is 10.6 Å². The van der Waals surface area contributed by atoms with Crippen molar-refractivity contribution in [3.05, 3.63) is 54.1 Å². The van der Waals surface area contributed by atoms with Gasteiger partial charge in [-0.3, -0.25) is 14.4 Å². The van der Waals surface area contributed by atoms with Crippen molar-refractivity contribution < 1.29 is 37.1 Å². The van der Waals surface area contributed by atoms with Crippen molar-refractivity contribution in [2.24, 2.45) is 0 Å². The highest BCUT2D eigenvalue weighted by Crippen LogP contribution is 2.40. The number of amides is 3. The first-order chi connectivity index (χ1) is 16.0. The molecule has 0 radical (unpaired) electrons. The van der Waals surface area contributed by atoms with Crippen LogP contribution in [0.2, 0.25) is 0 Å². The zero-order chi connectivity index (χ0) is 25.1. The molecule has 0 spiro atoms. The Kier molecular flexibility index (Phi) is 7.25. The standard InChI is InChI=1S/C23H23F4N3O4/c1-22(24,20(33)28-11-10-23(25,26)27)21(34)29-18-16-8-3-2-6-14(16)15-7-4-5-9-17(15)30(12-13-31)19(18)32/h2-9,18,31H,10-13H2,1H3,(H,28,33)(H,29,34)/t18-,22+/m0/s1. The molecule has 1 heterocycles. The average Bonchev–Trinajstić information content (AvgIpc) is 2.88. The normalized spacial score (nSPS) is 17.2. The van der Waals surface area contributed by atoms with Crippen LogP contribution in [-0.4, -0.2) is 54.4 Å². The lowest BCUT2D eigenvalue weighted by Gasteiger charge is -2.28. The second kappa shape index (κ2) is 9.80. The van der Waals surface area contributed by atoms with Crippen LogP contribution in [-0.2, 0) is 14.4 Å². The van der Waals surface area contributed by atoms with Crippen molar-refractivity contribution in [2.45, 2.75) is 31.2 Å². The summed E-state index contributed by atoms with van der Waals surface area (Å²) in [5.74, 6) is -3.72. The summed E-state index contributed by atoms with van der Waals surface area (Å²) in [4.78, 5) is 39.6. The predicted molar refractivity (Wildman–Crippen MR) is 115 cm³/mol. The van der Waals surface area contributed by atoms with E-state index >= 15 is 4.39 Å². The Morgan fingerprint density at radius 1 is 1.00 bits per heavy atom. The predicted octanol–water partition coefficient (Wildman–Crippen LogP) is 2.65. The van der Waals surface area contributed by atoms with Crippen molar-refractivity contribution in [3.8, 4) is 11.1 Å². The maximum Gasteiger partial charge on any atom is 0.390 e. The third kappa shape index (κ3) is 5.19. The minimum absolute atomic E-state index is 0.110. The smallest absolute Gasteiger partial charge is 0.390 e. The molecule has 0 saturated carbocycles. The van der Waals surface area contributed by atoms with Crippen LogP contribution in [0.4, 0.5) is 23.2 Å². The molecule has 0 saturated heterocycles. The molecule has 1 aliphatic rings. The molecule has 34 heavy (non-hydrogen) atoms. The van der Waals surface area contributed by atoms with Gasteiger partial charge in [-0.1, -0.05) is 42.5 Å². The number of nitrogens with zero attached hydrogens (tertiary/aromatic N) is 1. The first kappa shape index (κ1) is 25.2. The number of nitrogens with one attached hydrogen (secondary N) is 2. The van der Waals surface area contributed by atoms with Gasteiger partial charge in [0.2, 0.25) is 0 Å². The highest BCUT2D eigenvalue weighted by atomic mass is 19.4. The van der Waals surface area contributed by atoms with Gasteiger partial charge >= 0.3 is 6.18 Å². The van der Waals surface area contributed by atoms with Crippen molar-refractivity contribution in [3.63, 3.8) is 0 Å². The van der Waals surface area contributed by atoms with E-state index in [1.807, 2.05) is 0 Å². The molecule has 0 unspecified atom stereocenters. The Balaban J connectivity index is 1.92. The SMILES string of the molecule is C[C@@](F)(C(=O)NCCC(F)(F)F)C(=O)N[C@@H]1C(=O)N(CCO)c2ccccc2-c2ccccc21. The van der Waals surface area contributed by atoms with Crippen molar-refractivity contribution in [2.75, 3.05) is 24.6 Å². The number of aliphatic hydroxyl groups is 1. The topological polar surface area (TPSA) is 98.7 Å². The van der Waals surface area contributed by atoms with E-state index in [1.54, 1.807) is 53.8 Å². The van der Waals surface area contributed by atoms with Gasteiger partial charge in [0.1, 0.15) is 6.04 Å². The molecule has 3 amide bonds. The van der Waals surface area contributed by atoms with E-state index in [-0.39, 0.29) is 13.2 Å². The molecule has 0 aromatic heterocycles. The number of alkyl halides is 4. The second-order valence-electron chi connectivity index (χ2n) is 7.85. The van der Waals surface area contributed by atoms with Crippen molar-refractivity contribution >= 4 is 23.4 Å². The van der Waals surface area contributed by atoms with Gasteiger partial charge in [0, 0.05) is 18.7 Å². The van der Waals surface area contributed by atoms with E-state index in [0.717, 1.165) is 0 Å². The summed E-state index contributed by atoms with van der Waals surface area (Å²) in [6.07, 6.45) is -5.96. The summed E-state index contributed by atoms with van der Waals surface area (Å²) in [7, 11) is 0. The zero-order valence-electron chi connectivity index (χ0n) is 18.2. The fraction of sp³-hybridized carbons (Fsp3) is 0.348. The van der Waals surface area contributed by atoms with E-state index in [9.17, 15) is 32.7 Å². The number of β-amino-alcohol motifs (C(OH)–C–C–N with tert-alkyl or cyclic N) is 1. The van der Waals surface area contributed by atoms with Crippen LogP contribution in [0.3, 0.4) is 0 Å². The van der Waals surface area contributed by atoms with Gasteiger partial charge < -0.3 is 20.6 Å². The molecule has 0 aliphatic carbocycles. The number of hydrogen-bond acceptors (Lipinski definition) is 4. The monoisotopic (exact) mass is 481 g/mol. The average molecular weight is 481 g/mol. The first-order valence-electron chi connectivity index (χ1n) is 10.4. The van der Waals surface area contributed by atoms with Gasteiger partial charge in [-0.15, -0.1) is 0 Å². The Hall–Kier alpha value is -3.47. The number of carbonyl (C=O) groups excluding carboxylic acids is 3. The van der Waals surface area contributed by atoms with E-state index in [0.29, 0.717) is 29.3 Å². The highest BCUT2D eigenvalue weighted by molar-refractivity contribution is 6.11. The van der Waals surface area contributed by atoms with E-state index in [1.165, 1.54) is 4.90 Å². The minimum Gasteiger partial charge on any atom is -0.395 e. The summed E-state index contributed by atoms with van der Waals surface area (Å²) >= 11 is 0. The largest absolute Gasteiger partial charge is 0.395 e. The van der Waals surface area contributed by atoms with E-state index < -0.39 is 48.6 Å². The van der Waals surface area contributed by atoms with E-state index in [2.05, 4.69) is 5.32 Å². The number of anilines is 1. The molecule has 0 fully saturated rings. The second-order valence-corrected chi connectivity index (χ2v) is 7.85. The number of carbonyl (C=O) groups is 3. The molecule has 1 aliphatic heterocycles. The van der Waals surface area contributed by atoms with Gasteiger partial charge in [0.05, 0.1) is 18.7 Å². The number of para-hydroxylation sites is 1. The Bertz CT molecular complexity index is 1090. The highest BCUT2D eigenvalue weighted by Gasteiger charge is 2.45.